The molecule has 150 valence electrons. The van der Waals surface area contributed by atoms with Crippen molar-refractivity contribution in [1.82, 2.24) is 15.6 Å². The van der Waals surface area contributed by atoms with Crippen LogP contribution in [0.3, 0.4) is 0 Å². The largest absolute Gasteiger partial charge is 0.468 e. The standard InChI is InChI=1S/C21H21N3O5/c1-28-19(25)13-23-20(26)18(24-21(27)29-15-7-3-2-4-8-15)11-14-12-22-17-10-6-5-9-16(14)17/h2-10,12,18,22H,11,13H2,1H3,(H,23,26)(H,24,27)/t18-/m0/s1. The van der Waals surface area contributed by atoms with E-state index in [1.807, 2.05) is 24.3 Å². The van der Waals surface area contributed by atoms with Crippen LogP contribution in [0.5, 0.6) is 5.75 Å². The number of para-hydroxylation sites is 2. The number of hydrogen-bond donors (Lipinski definition) is 3. The molecule has 0 aliphatic heterocycles. The van der Waals surface area contributed by atoms with Gasteiger partial charge in [0, 0.05) is 23.5 Å². The minimum absolute atomic E-state index is 0.209. The SMILES string of the molecule is COC(=O)CNC(=O)[C@H](Cc1c[nH]c2ccccc12)NC(=O)Oc1ccccc1. The number of aromatic amines is 1. The van der Waals surface area contributed by atoms with Crippen molar-refractivity contribution in [3.8, 4) is 5.75 Å². The number of fused-ring (bicyclic) bond motifs is 1. The van der Waals surface area contributed by atoms with Crippen molar-refractivity contribution in [3.63, 3.8) is 0 Å². The van der Waals surface area contributed by atoms with E-state index in [4.69, 9.17) is 4.74 Å². The van der Waals surface area contributed by atoms with E-state index in [1.54, 1.807) is 36.5 Å². The van der Waals surface area contributed by atoms with Gasteiger partial charge in [-0.15, -0.1) is 0 Å². The second kappa shape index (κ2) is 9.41. The zero-order chi connectivity index (χ0) is 20.6. The van der Waals surface area contributed by atoms with Gasteiger partial charge in [-0.3, -0.25) is 9.59 Å². The molecule has 0 saturated heterocycles. The van der Waals surface area contributed by atoms with E-state index in [0.717, 1.165) is 16.5 Å². The highest BCUT2D eigenvalue weighted by molar-refractivity contribution is 5.90. The van der Waals surface area contributed by atoms with Crippen LogP contribution in [0.1, 0.15) is 5.56 Å². The topological polar surface area (TPSA) is 110 Å². The van der Waals surface area contributed by atoms with Gasteiger partial charge in [0.25, 0.3) is 0 Å². The molecule has 0 radical (unpaired) electrons. The molecule has 3 aromatic rings. The van der Waals surface area contributed by atoms with E-state index in [-0.39, 0.29) is 13.0 Å². The summed E-state index contributed by atoms with van der Waals surface area (Å²) in [6, 6.07) is 15.2. The molecule has 0 aliphatic carbocycles. The van der Waals surface area contributed by atoms with Crippen molar-refractivity contribution in [3.05, 3.63) is 66.4 Å². The van der Waals surface area contributed by atoms with Gasteiger partial charge in [-0.2, -0.15) is 0 Å². The van der Waals surface area contributed by atoms with E-state index >= 15 is 0 Å². The number of H-pyrrole nitrogens is 1. The molecule has 0 unspecified atom stereocenters. The van der Waals surface area contributed by atoms with E-state index in [1.165, 1.54) is 7.11 Å². The zero-order valence-electron chi connectivity index (χ0n) is 15.8. The Morgan fingerprint density at radius 3 is 2.52 bits per heavy atom. The van der Waals surface area contributed by atoms with Crippen LogP contribution in [0.25, 0.3) is 10.9 Å². The maximum atomic E-state index is 12.6. The van der Waals surface area contributed by atoms with Gasteiger partial charge in [-0.25, -0.2) is 4.79 Å². The molecular weight excluding hydrogens is 374 g/mol. The smallest absolute Gasteiger partial charge is 0.413 e. The Morgan fingerprint density at radius 2 is 1.76 bits per heavy atom. The van der Waals surface area contributed by atoms with Gasteiger partial charge in [0.15, 0.2) is 0 Å². The average Bonchev–Trinajstić information content (AvgIpc) is 3.15. The highest BCUT2D eigenvalue weighted by Crippen LogP contribution is 2.19. The lowest BCUT2D eigenvalue weighted by Crippen LogP contribution is -2.49. The number of carbonyl (C=O) groups is 3. The molecule has 8 heteroatoms. The van der Waals surface area contributed by atoms with Crippen molar-refractivity contribution in [2.45, 2.75) is 12.5 Å². The maximum Gasteiger partial charge on any atom is 0.413 e. The van der Waals surface area contributed by atoms with Crippen molar-refractivity contribution < 1.29 is 23.9 Å². The second-order valence-electron chi connectivity index (χ2n) is 6.26. The molecule has 1 heterocycles. The predicted molar refractivity (Wildman–Crippen MR) is 106 cm³/mol. The van der Waals surface area contributed by atoms with Crippen LogP contribution >= 0.6 is 0 Å². The number of carbonyl (C=O) groups excluding carboxylic acids is 3. The van der Waals surface area contributed by atoms with Crippen LogP contribution in [-0.4, -0.2) is 42.7 Å². The normalized spacial score (nSPS) is 11.5. The van der Waals surface area contributed by atoms with Gasteiger partial charge < -0.3 is 25.1 Å². The fraction of sp³-hybridized carbons (Fsp3) is 0.190. The number of amides is 2. The first kappa shape index (κ1) is 19.9. The van der Waals surface area contributed by atoms with E-state index in [0.29, 0.717) is 5.75 Å². The first-order valence-corrected chi connectivity index (χ1v) is 8.99. The number of aromatic nitrogens is 1. The molecule has 29 heavy (non-hydrogen) atoms. The van der Waals surface area contributed by atoms with Crippen LogP contribution in [0, 0.1) is 0 Å². The van der Waals surface area contributed by atoms with Crippen molar-refractivity contribution in [2.24, 2.45) is 0 Å². The number of rotatable bonds is 7. The Morgan fingerprint density at radius 1 is 1.03 bits per heavy atom. The van der Waals surface area contributed by atoms with Crippen molar-refractivity contribution >= 4 is 28.9 Å². The lowest BCUT2D eigenvalue weighted by Gasteiger charge is -2.18. The molecular formula is C21H21N3O5. The number of ether oxygens (including phenoxy) is 2. The molecule has 8 nitrogen and oxygen atoms in total. The monoisotopic (exact) mass is 395 g/mol. The molecule has 3 N–H and O–H groups in total. The molecule has 2 aromatic carbocycles. The van der Waals surface area contributed by atoms with Crippen LogP contribution in [-0.2, 0) is 20.7 Å². The van der Waals surface area contributed by atoms with Gasteiger partial charge >= 0.3 is 12.1 Å². The molecule has 0 fully saturated rings. The predicted octanol–water partition coefficient (Wildman–Crippen LogP) is 2.16. The second-order valence-corrected chi connectivity index (χ2v) is 6.26. The van der Waals surface area contributed by atoms with Gasteiger partial charge in [-0.1, -0.05) is 36.4 Å². The molecule has 0 bridgehead atoms. The molecule has 1 aromatic heterocycles. The summed E-state index contributed by atoms with van der Waals surface area (Å²) < 4.78 is 9.75. The highest BCUT2D eigenvalue weighted by Gasteiger charge is 2.24. The Labute approximate surface area is 167 Å². The van der Waals surface area contributed by atoms with E-state index in [2.05, 4.69) is 20.4 Å². The summed E-state index contributed by atoms with van der Waals surface area (Å²) in [5.74, 6) is -0.757. The minimum atomic E-state index is -0.949. The molecule has 2 amide bonds. The third kappa shape index (κ3) is 5.35. The van der Waals surface area contributed by atoms with Crippen LogP contribution in [0.2, 0.25) is 0 Å². The third-order valence-corrected chi connectivity index (χ3v) is 4.30. The lowest BCUT2D eigenvalue weighted by atomic mass is 10.0. The van der Waals surface area contributed by atoms with Gasteiger partial charge in [0.1, 0.15) is 18.3 Å². The Bertz CT molecular complexity index is 1000. The summed E-state index contributed by atoms with van der Waals surface area (Å²) >= 11 is 0. The van der Waals surface area contributed by atoms with Crippen LogP contribution < -0.4 is 15.4 Å². The average molecular weight is 395 g/mol. The number of benzene rings is 2. The molecule has 3 rings (SSSR count). The summed E-state index contributed by atoms with van der Waals surface area (Å²) in [4.78, 5) is 39.4. The quantitative estimate of drug-likeness (QED) is 0.531. The van der Waals surface area contributed by atoms with E-state index < -0.39 is 24.0 Å². The first-order valence-electron chi connectivity index (χ1n) is 8.99. The molecule has 1 atom stereocenters. The number of hydrogen-bond acceptors (Lipinski definition) is 5. The number of nitrogens with one attached hydrogen (secondary N) is 3. The van der Waals surface area contributed by atoms with Gasteiger partial charge in [0.2, 0.25) is 5.91 Å². The maximum absolute atomic E-state index is 12.6. The minimum Gasteiger partial charge on any atom is -0.468 e. The third-order valence-electron chi connectivity index (χ3n) is 4.30. The van der Waals surface area contributed by atoms with E-state index in [9.17, 15) is 14.4 Å². The Balaban J connectivity index is 1.74. The van der Waals surface area contributed by atoms with Gasteiger partial charge in [-0.05, 0) is 23.8 Å². The zero-order valence-corrected chi connectivity index (χ0v) is 15.8. The fourth-order valence-corrected chi connectivity index (χ4v) is 2.85. The number of esters is 1. The first-order chi connectivity index (χ1) is 14.1. The summed E-state index contributed by atoms with van der Waals surface area (Å²) in [7, 11) is 1.23. The summed E-state index contributed by atoms with van der Waals surface area (Å²) in [6.07, 6.45) is 1.23. The summed E-state index contributed by atoms with van der Waals surface area (Å²) in [5.41, 5.74) is 1.77. The summed E-state index contributed by atoms with van der Waals surface area (Å²) in [5, 5.41) is 5.98. The number of methoxy groups -OCH3 is 1. The Hall–Kier alpha value is -3.81. The Kier molecular flexibility index (Phi) is 6.47. The summed E-state index contributed by atoms with van der Waals surface area (Å²) in [6.45, 7) is -0.296. The van der Waals surface area contributed by atoms with Gasteiger partial charge in [0.05, 0.1) is 7.11 Å². The molecule has 0 spiro atoms. The lowest BCUT2D eigenvalue weighted by molar-refractivity contribution is -0.141. The molecule has 0 saturated carbocycles. The molecule has 0 aliphatic rings. The van der Waals surface area contributed by atoms with Crippen LogP contribution in [0.15, 0.2) is 60.8 Å². The van der Waals surface area contributed by atoms with Crippen LogP contribution in [0.4, 0.5) is 4.79 Å². The van der Waals surface area contributed by atoms with Crippen molar-refractivity contribution in [2.75, 3.05) is 13.7 Å². The fourth-order valence-electron chi connectivity index (χ4n) is 2.85. The van der Waals surface area contributed by atoms with Crippen molar-refractivity contribution in [1.29, 1.82) is 0 Å². The highest BCUT2D eigenvalue weighted by atomic mass is 16.6.